The lowest BCUT2D eigenvalue weighted by atomic mass is 9.92. The van der Waals surface area contributed by atoms with Crippen molar-refractivity contribution in [2.45, 2.75) is 110 Å². The summed E-state index contributed by atoms with van der Waals surface area (Å²) < 4.78 is 5.77. The predicted octanol–water partition coefficient (Wildman–Crippen LogP) is 7.91. The van der Waals surface area contributed by atoms with Crippen LogP contribution >= 0.6 is 11.6 Å². The molecule has 9 nitrogen and oxygen atoms in total. The summed E-state index contributed by atoms with van der Waals surface area (Å²) in [5.74, 6) is -0.359. The zero-order valence-corrected chi connectivity index (χ0v) is 34.4. The van der Waals surface area contributed by atoms with Gasteiger partial charge in [0, 0.05) is 62.7 Å². The molecule has 0 saturated carbocycles. The second-order valence-electron chi connectivity index (χ2n) is 16.1. The van der Waals surface area contributed by atoms with Gasteiger partial charge >= 0.3 is 6.09 Å². The maximum absolute atomic E-state index is 14.4. The second-order valence-corrected chi connectivity index (χ2v) is 16.5. The highest BCUT2D eigenvalue weighted by Crippen LogP contribution is 2.29. The van der Waals surface area contributed by atoms with Crippen LogP contribution in [0.4, 0.5) is 4.79 Å². The van der Waals surface area contributed by atoms with Crippen LogP contribution in [0.3, 0.4) is 0 Å². The summed E-state index contributed by atoms with van der Waals surface area (Å²) >= 11 is 6.20. The molecule has 0 aromatic heterocycles. The smallest absolute Gasteiger partial charge is 0.410 e. The number of carbonyl (C=O) groups is 3. The second kappa shape index (κ2) is 20.3. The number of unbranched alkanes of at least 4 members (excludes halogenated alkanes) is 2. The van der Waals surface area contributed by atoms with E-state index in [1.54, 1.807) is 4.90 Å². The molecule has 3 amide bonds. The average molecular weight is 772 g/mol. The molecule has 0 aliphatic carbocycles. The number of nitrogens with zero attached hydrogens (tertiary/aromatic N) is 4. The lowest BCUT2D eigenvalue weighted by Crippen LogP contribution is -2.56. The number of benzene rings is 3. The van der Waals surface area contributed by atoms with E-state index in [4.69, 9.17) is 16.3 Å². The van der Waals surface area contributed by atoms with Crippen molar-refractivity contribution in [2.75, 3.05) is 45.8 Å². The molecule has 0 radical (unpaired) electrons. The van der Waals surface area contributed by atoms with Crippen molar-refractivity contribution >= 4 is 29.5 Å². The molecular formula is C45H62ClN5O4. The van der Waals surface area contributed by atoms with Gasteiger partial charge in [0.15, 0.2) is 0 Å². The molecule has 298 valence electrons. The van der Waals surface area contributed by atoms with Gasteiger partial charge in [-0.05, 0) is 94.1 Å². The van der Waals surface area contributed by atoms with E-state index < -0.39 is 23.8 Å². The Morgan fingerprint density at radius 2 is 1.51 bits per heavy atom. The lowest BCUT2D eigenvalue weighted by molar-refractivity contribution is -0.138. The fourth-order valence-corrected chi connectivity index (χ4v) is 8.05. The molecule has 2 aliphatic rings. The van der Waals surface area contributed by atoms with Gasteiger partial charge in [0.05, 0.1) is 0 Å². The van der Waals surface area contributed by atoms with Crippen LogP contribution in [0.25, 0.3) is 0 Å². The average Bonchev–Trinajstić information content (AvgIpc) is 3.17. The third-order valence-corrected chi connectivity index (χ3v) is 11.2. The summed E-state index contributed by atoms with van der Waals surface area (Å²) in [6.45, 7) is 16.4. The molecule has 55 heavy (non-hydrogen) atoms. The van der Waals surface area contributed by atoms with Gasteiger partial charge in [0.2, 0.25) is 11.8 Å². The number of ether oxygens (including phenoxy) is 1. The van der Waals surface area contributed by atoms with Crippen LogP contribution in [0.2, 0.25) is 5.02 Å². The molecule has 1 fully saturated rings. The molecule has 1 N–H and O–H groups in total. The van der Waals surface area contributed by atoms with Crippen LogP contribution in [0, 0.1) is 0 Å². The van der Waals surface area contributed by atoms with Crippen molar-refractivity contribution in [3.63, 3.8) is 0 Å². The summed E-state index contributed by atoms with van der Waals surface area (Å²) in [5, 5.41) is 3.73. The summed E-state index contributed by atoms with van der Waals surface area (Å²) in [6.07, 6.45) is 5.13. The highest BCUT2D eigenvalue weighted by atomic mass is 35.5. The van der Waals surface area contributed by atoms with Gasteiger partial charge in [-0.3, -0.25) is 14.5 Å². The minimum atomic E-state index is -0.762. The minimum Gasteiger partial charge on any atom is -0.444 e. The van der Waals surface area contributed by atoms with Crippen molar-refractivity contribution in [3.8, 4) is 0 Å². The largest absolute Gasteiger partial charge is 0.444 e. The van der Waals surface area contributed by atoms with Crippen molar-refractivity contribution in [1.82, 2.24) is 24.9 Å². The van der Waals surface area contributed by atoms with Crippen LogP contribution in [-0.2, 0) is 33.7 Å². The summed E-state index contributed by atoms with van der Waals surface area (Å²) in [5.41, 5.74) is 3.72. The number of rotatable bonds is 16. The first-order valence-electron chi connectivity index (χ1n) is 20.3. The predicted molar refractivity (Wildman–Crippen MR) is 221 cm³/mol. The van der Waals surface area contributed by atoms with Gasteiger partial charge in [-0.15, -0.1) is 0 Å². The molecule has 1 unspecified atom stereocenters. The Balaban J connectivity index is 1.26. The van der Waals surface area contributed by atoms with E-state index in [1.807, 2.05) is 68.1 Å². The van der Waals surface area contributed by atoms with Gasteiger partial charge in [-0.2, -0.15) is 0 Å². The zero-order chi connectivity index (χ0) is 39.4. The van der Waals surface area contributed by atoms with Gasteiger partial charge in [0.1, 0.15) is 11.6 Å². The van der Waals surface area contributed by atoms with E-state index in [0.717, 1.165) is 62.3 Å². The Kier molecular flexibility index (Phi) is 15.6. The Morgan fingerprint density at radius 3 is 2.16 bits per heavy atom. The van der Waals surface area contributed by atoms with Gasteiger partial charge < -0.3 is 24.8 Å². The lowest BCUT2D eigenvalue weighted by Gasteiger charge is -2.41. The van der Waals surface area contributed by atoms with Crippen LogP contribution in [0.5, 0.6) is 0 Å². The van der Waals surface area contributed by atoms with Crippen LogP contribution in [0.15, 0.2) is 78.9 Å². The molecule has 3 aromatic carbocycles. The van der Waals surface area contributed by atoms with Crippen LogP contribution in [-0.4, -0.2) is 101 Å². The number of fused-ring (bicyclic) bond motifs is 1. The van der Waals surface area contributed by atoms with Gasteiger partial charge in [-0.25, -0.2) is 4.79 Å². The van der Waals surface area contributed by atoms with Crippen molar-refractivity contribution in [2.24, 2.45) is 0 Å². The summed E-state index contributed by atoms with van der Waals surface area (Å²) in [6, 6.07) is 25.3. The molecule has 0 spiro atoms. The molecular weight excluding hydrogens is 710 g/mol. The number of hydrogen-bond donors (Lipinski definition) is 1. The van der Waals surface area contributed by atoms with Gasteiger partial charge in [-0.1, -0.05) is 105 Å². The van der Waals surface area contributed by atoms with E-state index in [9.17, 15) is 14.4 Å². The van der Waals surface area contributed by atoms with Crippen molar-refractivity contribution < 1.29 is 19.1 Å². The molecule has 0 bridgehead atoms. The number of halogens is 1. The van der Waals surface area contributed by atoms with E-state index in [1.165, 1.54) is 18.4 Å². The minimum absolute atomic E-state index is 0.0550. The van der Waals surface area contributed by atoms with E-state index in [0.29, 0.717) is 43.5 Å². The Bertz CT molecular complexity index is 1670. The third-order valence-electron chi connectivity index (χ3n) is 11.0. The highest BCUT2D eigenvalue weighted by Gasteiger charge is 2.36. The first kappa shape index (κ1) is 42.2. The molecule has 3 atom stereocenters. The van der Waals surface area contributed by atoms with E-state index in [2.05, 4.69) is 65.4 Å². The third kappa shape index (κ3) is 12.5. The first-order valence-corrected chi connectivity index (χ1v) is 20.7. The van der Waals surface area contributed by atoms with E-state index >= 15 is 0 Å². The van der Waals surface area contributed by atoms with Gasteiger partial charge in [0.25, 0.3) is 0 Å². The van der Waals surface area contributed by atoms with Crippen molar-refractivity contribution in [3.05, 3.63) is 106 Å². The molecule has 10 heteroatoms. The first-order chi connectivity index (χ1) is 26.4. The summed E-state index contributed by atoms with van der Waals surface area (Å²) in [4.78, 5) is 50.3. The monoisotopic (exact) mass is 771 g/mol. The SMILES string of the molecule is CCN(CC)CCCCCC(c1ccccc1)N1CCN(C(=O)[C@@H](Cc2ccc(Cl)cc2)NC(=O)C[C@@H]2Cc3ccccc3CN2C(=O)OC(C)(C)C)CC1. The molecule has 2 heterocycles. The Hall–Kier alpha value is -3.92. The number of nitrogens with one attached hydrogen (secondary N) is 1. The number of carbonyl (C=O) groups excluding carboxylic acids is 3. The molecule has 1 saturated heterocycles. The number of hydrogen-bond acceptors (Lipinski definition) is 6. The van der Waals surface area contributed by atoms with E-state index in [-0.39, 0.29) is 18.2 Å². The van der Waals surface area contributed by atoms with Crippen molar-refractivity contribution in [1.29, 1.82) is 0 Å². The Morgan fingerprint density at radius 1 is 0.855 bits per heavy atom. The normalized spacial score (nSPS) is 17.4. The number of piperazine rings is 1. The fourth-order valence-electron chi connectivity index (χ4n) is 7.93. The summed E-state index contributed by atoms with van der Waals surface area (Å²) in [7, 11) is 0. The maximum Gasteiger partial charge on any atom is 0.410 e. The molecule has 2 aliphatic heterocycles. The molecule has 3 aromatic rings. The van der Waals surface area contributed by atoms with Crippen LogP contribution in [0.1, 0.15) is 95.0 Å². The number of amides is 3. The fraction of sp³-hybridized carbons (Fsp3) is 0.533. The maximum atomic E-state index is 14.4. The van der Waals surface area contributed by atoms with Crippen LogP contribution < -0.4 is 5.32 Å². The standard InChI is InChI=1S/C45H62ClN5O4/c1-6-48(7-2)25-15-9-12-20-41(35-16-10-8-11-17-35)49-26-28-50(29-27-49)43(53)40(30-34-21-23-38(46)24-22-34)47-42(52)32-39-31-36-18-13-14-19-37(36)33-51(39)44(54)55-45(3,4)5/h8,10-11,13-14,16-19,21-24,39-41H,6-7,9,12,15,20,25-33H2,1-5H3,(H,47,52)/t39-,40+,41?/m0/s1. The topological polar surface area (TPSA) is 85.4 Å². The Labute approximate surface area is 334 Å². The highest BCUT2D eigenvalue weighted by molar-refractivity contribution is 6.30. The zero-order valence-electron chi connectivity index (χ0n) is 33.6. The quantitative estimate of drug-likeness (QED) is 0.149. The molecule has 5 rings (SSSR count).